The Balaban J connectivity index is 0.00000192. The van der Waals surface area contributed by atoms with Crippen molar-refractivity contribution in [1.29, 1.82) is 0 Å². The summed E-state index contributed by atoms with van der Waals surface area (Å²) in [5, 5.41) is 6.83. The minimum Gasteiger partial charge on any atom is -0.468 e. The molecule has 3 rings (SSSR count). The van der Waals surface area contributed by atoms with E-state index in [1.807, 2.05) is 6.07 Å². The van der Waals surface area contributed by atoms with Gasteiger partial charge in [0.1, 0.15) is 5.76 Å². The molecule has 0 radical (unpaired) electrons. The quantitative estimate of drug-likeness (QED) is 0.412. The molecule has 1 atom stereocenters. The van der Waals surface area contributed by atoms with E-state index in [4.69, 9.17) is 9.41 Å². The van der Waals surface area contributed by atoms with Crippen molar-refractivity contribution in [2.45, 2.75) is 51.1 Å². The SMILES string of the molecule is CCNC(=NCC(c1ccco1)N1CCCCC1)NC1CC1.I. The van der Waals surface area contributed by atoms with Crippen molar-refractivity contribution in [3.63, 3.8) is 0 Å². The van der Waals surface area contributed by atoms with Crippen molar-refractivity contribution in [3.05, 3.63) is 24.2 Å². The molecule has 2 aliphatic rings. The molecule has 1 unspecified atom stereocenters. The zero-order chi connectivity index (χ0) is 15.2. The first-order valence-corrected chi connectivity index (χ1v) is 8.69. The summed E-state index contributed by atoms with van der Waals surface area (Å²) in [5.41, 5.74) is 0. The van der Waals surface area contributed by atoms with Crippen LogP contribution >= 0.6 is 24.0 Å². The van der Waals surface area contributed by atoms with Gasteiger partial charge in [-0.15, -0.1) is 24.0 Å². The van der Waals surface area contributed by atoms with E-state index in [1.165, 1.54) is 32.1 Å². The Morgan fingerprint density at radius 1 is 1.35 bits per heavy atom. The van der Waals surface area contributed by atoms with Gasteiger partial charge in [0.2, 0.25) is 0 Å². The molecule has 2 N–H and O–H groups in total. The molecule has 130 valence electrons. The van der Waals surface area contributed by atoms with Crippen LogP contribution < -0.4 is 10.6 Å². The maximum Gasteiger partial charge on any atom is 0.191 e. The monoisotopic (exact) mass is 432 g/mol. The Morgan fingerprint density at radius 3 is 2.74 bits per heavy atom. The Kier molecular flexibility index (Phi) is 7.69. The molecule has 0 spiro atoms. The minimum atomic E-state index is 0. The molecule has 5 nitrogen and oxygen atoms in total. The number of likely N-dealkylation sites (tertiary alicyclic amines) is 1. The predicted molar refractivity (Wildman–Crippen MR) is 104 cm³/mol. The number of nitrogens with zero attached hydrogens (tertiary/aromatic N) is 2. The molecule has 2 fully saturated rings. The van der Waals surface area contributed by atoms with Crippen LogP contribution in [-0.4, -0.2) is 43.1 Å². The third-order valence-corrected chi connectivity index (χ3v) is 4.39. The fourth-order valence-corrected chi connectivity index (χ4v) is 3.02. The van der Waals surface area contributed by atoms with Gasteiger partial charge in [0.15, 0.2) is 5.96 Å². The summed E-state index contributed by atoms with van der Waals surface area (Å²) >= 11 is 0. The molecule has 0 amide bonds. The number of halogens is 1. The standard InChI is InChI=1S/C17H28N4O.HI/c1-2-18-17(20-14-8-9-14)19-13-15(16-7-6-12-22-16)21-10-4-3-5-11-21;/h6-7,12,14-15H,2-5,8-11,13H2,1H3,(H2,18,19,20);1H. The third-order valence-electron chi connectivity index (χ3n) is 4.39. The van der Waals surface area contributed by atoms with Gasteiger partial charge in [-0.25, -0.2) is 0 Å². The second-order valence-corrected chi connectivity index (χ2v) is 6.27. The lowest BCUT2D eigenvalue weighted by Gasteiger charge is -2.32. The molecular formula is C17H29IN4O. The summed E-state index contributed by atoms with van der Waals surface area (Å²) in [5.74, 6) is 1.98. The van der Waals surface area contributed by atoms with E-state index in [0.717, 1.165) is 37.9 Å². The van der Waals surface area contributed by atoms with Gasteiger partial charge >= 0.3 is 0 Å². The number of guanidine groups is 1. The van der Waals surface area contributed by atoms with E-state index < -0.39 is 0 Å². The molecule has 1 saturated carbocycles. The molecular weight excluding hydrogens is 403 g/mol. The molecule has 1 saturated heterocycles. The molecule has 1 aliphatic heterocycles. The average Bonchev–Trinajstić information content (AvgIpc) is 3.20. The fourth-order valence-electron chi connectivity index (χ4n) is 3.02. The highest BCUT2D eigenvalue weighted by Gasteiger charge is 2.25. The van der Waals surface area contributed by atoms with Gasteiger partial charge in [0, 0.05) is 12.6 Å². The minimum absolute atomic E-state index is 0. The maximum atomic E-state index is 5.68. The number of furan rings is 1. The van der Waals surface area contributed by atoms with Crippen LogP contribution in [-0.2, 0) is 0 Å². The second kappa shape index (κ2) is 9.52. The lowest BCUT2D eigenvalue weighted by Crippen LogP contribution is -2.40. The first-order valence-electron chi connectivity index (χ1n) is 8.69. The Hall–Kier alpha value is -0.760. The second-order valence-electron chi connectivity index (χ2n) is 6.27. The van der Waals surface area contributed by atoms with Crippen molar-refractivity contribution < 1.29 is 4.42 Å². The van der Waals surface area contributed by atoms with Crippen molar-refractivity contribution in [2.75, 3.05) is 26.2 Å². The van der Waals surface area contributed by atoms with Gasteiger partial charge in [0.25, 0.3) is 0 Å². The van der Waals surface area contributed by atoms with Crippen LogP contribution in [0.25, 0.3) is 0 Å². The van der Waals surface area contributed by atoms with E-state index in [9.17, 15) is 0 Å². The molecule has 1 aliphatic carbocycles. The van der Waals surface area contributed by atoms with Gasteiger partial charge in [-0.3, -0.25) is 9.89 Å². The third kappa shape index (κ3) is 5.67. The zero-order valence-electron chi connectivity index (χ0n) is 14.0. The van der Waals surface area contributed by atoms with Crippen molar-refractivity contribution in [3.8, 4) is 0 Å². The van der Waals surface area contributed by atoms with E-state index in [2.05, 4.69) is 28.5 Å². The van der Waals surface area contributed by atoms with Crippen LogP contribution in [0.5, 0.6) is 0 Å². The van der Waals surface area contributed by atoms with E-state index >= 15 is 0 Å². The molecule has 6 heteroatoms. The summed E-state index contributed by atoms with van der Waals surface area (Å²) in [7, 11) is 0. The Bertz CT molecular complexity index is 467. The topological polar surface area (TPSA) is 52.8 Å². The van der Waals surface area contributed by atoms with E-state index in [1.54, 1.807) is 6.26 Å². The zero-order valence-corrected chi connectivity index (χ0v) is 16.3. The lowest BCUT2D eigenvalue weighted by molar-refractivity contribution is 0.150. The summed E-state index contributed by atoms with van der Waals surface area (Å²) < 4.78 is 5.68. The van der Waals surface area contributed by atoms with E-state index in [-0.39, 0.29) is 30.0 Å². The first-order chi connectivity index (χ1) is 10.9. The number of piperidine rings is 1. The summed E-state index contributed by atoms with van der Waals surface area (Å²) in [4.78, 5) is 7.34. The number of nitrogens with one attached hydrogen (secondary N) is 2. The van der Waals surface area contributed by atoms with Crippen molar-refractivity contribution >= 4 is 29.9 Å². The normalized spacial score (nSPS) is 20.7. The number of hydrogen-bond acceptors (Lipinski definition) is 3. The Morgan fingerprint density at radius 2 is 2.13 bits per heavy atom. The highest BCUT2D eigenvalue weighted by atomic mass is 127. The van der Waals surface area contributed by atoms with Gasteiger partial charge < -0.3 is 15.1 Å². The number of aliphatic imine (C=N–C) groups is 1. The summed E-state index contributed by atoms with van der Waals surface area (Å²) in [6.45, 7) is 6.04. The van der Waals surface area contributed by atoms with Crippen LogP contribution in [0.2, 0.25) is 0 Å². The van der Waals surface area contributed by atoms with Crippen LogP contribution in [0.3, 0.4) is 0 Å². The molecule has 1 aromatic heterocycles. The maximum absolute atomic E-state index is 5.68. The first kappa shape index (κ1) is 18.6. The van der Waals surface area contributed by atoms with E-state index in [0.29, 0.717) is 6.04 Å². The van der Waals surface area contributed by atoms with Gasteiger partial charge in [-0.05, 0) is 57.8 Å². The van der Waals surface area contributed by atoms with Crippen LogP contribution in [0.4, 0.5) is 0 Å². The van der Waals surface area contributed by atoms with Gasteiger partial charge in [-0.1, -0.05) is 6.42 Å². The predicted octanol–water partition coefficient (Wildman–Crippen LogP) is 3.14. The Labute approximate surface area is 156 Å². The molecule has 1 aromatic rings. The van der Waals surface area contributed by atoms with Gasteiger partial charge in [0.05, 0.1) is 18.8 Å². The summed E-state index contributed by atoms with van der Waals surface area (Å²) in [6, 6.07) is 4.93. The summed E-state index contributed by atoms with van der Waals surface area (Å²) in [6.07, 6.45) is 8.19. The molecule has 23 heavy (non-hydrogen) atoms. The van der Waals surface area contributed by atoms with Crippen molar-refractivity contribution in [1.82, 2.24) is 15.5 Å². The highest BCUT2D eigenvalue weighted by Crippen LogP contribution is 2.25. The highest BCUT2D eigenvalue weighted by molar-refractivity contribution is 14.0. The van der Waals surface area contributed by atoms with Crippen LogP contribution in [0, 0.1) is 0 Å². The number of hydrogen-bond donors (Lipinski definition) is 2. The van der Waals surface area contributed by atoms with Crippen LogP contribution in [0.15, 0.2) is 27.8 Å². The fraction of sp³-hybridized carbons (Fsp3) is 0.706. The van der Waals surface area contributed by atoms with Crippen molar-refractivity contribution in [2.24, 2.45) is 4.99 Å². The van der Waals surface area contributed by atoms with Gasteiger partial charge in [-0.2, -0.15) is 0 Å². The largest absolute Gasteiger partial charge is 0.468 e. The van der Waals surface area contributed by atoms with Crippen LogP contribution in [0.1, 0.15) is 50.8 Å². The molecule has 0 aromatic carbocycles. The number of rotatable bonds is 6. The molecule has 0 bridgehead atoms. The lowest BCUT2D eigenvalue weighted by atomic mass is 10.1. The average molecular weight is 432 g/mol. The molecule has 2 heterocycles. The smallest absolute Gasteiger partial charge is 0.191 e.